The van der Waals surface area contributed by atoms with E-state index >= 15 is 0 Å². The second kappa shape index (κ2) is 4.76. The number of ether oxygens (including phenoxy) is 1. The normalized spacial score (nSPS) is 17.4. The van der Waals surface area contributed by atoms with Gasteiger partial charge in [0.25, 0.3) is 5.91 Å². The van der Waals surface area contributed by atoms with Crippen molar-refractivity contribution in [3.8, 4) is 5.75 Å². The second-order valence-corrected chi connectivity index (χ2v) is 4.96. The van der Waals surface area contributed by atoms with Gasteiger partial charge in [-0.1, -0.05) is 41.4 Å². The van der Waals surface area contributed by atoms with Gasteiger partial charge in [0, 0.05) is 5.56 Å². The molecule has 0 saturated heterocycles. The molecule has 1 atom stereocenters. The van der Waals surface area contributed by atoms with Gasteiger partial charge in [-0.15, -0.1) is 0 Å². The summed E-state index contributed by atoms with van der Waals surface area (Å²) in [5.41, 5.74) is 1.27. The summed E-state index contributed by atoms with van der Waals surface area (Å²) in [5, 5.41) is 3.67. The Morgan fingerprint density at radius 2 is 1.84 bits per heavy atom. The molecule has 1 heterocycles. The largest absolute Gasteiger partial charge is 0.466 e. The molecule has 3 nitrogen and oxygen atoms in total. The number of para-hydroxylation sites is 1. The van der Waals surface area contributed by atoms with Crippen molar-refractivity contribution in [3.63, 3.8) is 0 Å². The number of rotatable bonds is 1. The number of carbonyl (C=O) groups is 1. The summed E-state index contributed by atoms with van der Waals surface area (Å²) in [6.45, 7) is 0. The van der Waals surface area contributed by atoms with Crippen LogP contribution in [0.4, 0.5) is 0 Å². The number of hydrogen-bond acceptors (Lipinski definition) is 2. The third kappa shape index (κ3) is 2.27. The molecule has 19 heavy (non-hydrogen) atoms. The lowest BCUT2D eigenvalue weighted by Crippen LogP contribution is -2.36. The van der Waals surface area contributed by atoms with Crippen molar-refractivity contribution in [1.82, 2.24) is 5.32 Å². The van der Waals surface area contributed by atoms with Crippen LogP contribution in [0.15, 0.2) is 42.5 Å². The minimum Gasteiger partial charge on any atom is -0.466 e. The number of halogens is 2. The van der Waals surface area contributed by atoms with Gasteiger partial charge in [0.15, 0.2) is 6.23 Å². The van der Waals surface area contributed by atoms with Gasteiger partial charge in [0.1, 0.15) is 5.75 Å². The molecular weight excluding hydrogens is 285 g/mol. The molecule has 3 rings (SSSR count). The van der Waals surface area contributed by atoms with Crippen molar-refractivity contribution in [3.05, 3.63) is 63.6 Å². The average molecular weight is 294 g/mol. The van der Waals surface area contributed by atoms with E-state index in [2.05, 4.69) is 5.32 Å². The van der Waals surface area contributed by atoms with Crippen molar-refractivity contribution in [2.75, 3.05) is 0 Å². The van der Waals surface area contributed by atoms with E-state index in [1.165, 1.54) is 0 Å². The monoisotopic (exact) mass is 293 g/mol. The lowest BCUT2D eigenvalue weighted by Gasteiger charge is -2.27. The highest BCUT2D eigenvalue weighted by Gasteiger charge is 2.26. The van der Waals surface area contributed by atoms with Crippen LogP contribution < -0.4 is 10.1 Å². The molecule has 1 aliphatic heterocycles. The van der Waals surface area contributed by atoms with Crippen LogP contribution in [-0.4, -0.2) is 5.91 Å². The summed E-state index contributed by atoms with van der Waals surface area (Å²) >= 11 is 11.8. The van der Waals surface area contributed by atoms with Gasteiger partial charge in [0.2, 0.25) is 0 Å². The van der Waals surface area contributed by atoms with E-state index in [4.69, 9.17) is 27.9 Å². The van der Waals surface area contributed by atoms with Gasteiger partial charge in [-0.3, -0.25) is 4.79 Å². The minimum absolute atomic E-state index is 0.169. The van der Waals surface area contributed by atoms with Gasteiger partial charge < -0.3 is 10.1 Å². The first kappa shape index (κ1) is 12.3. The fourth-order valence-electron chi connectivity index (χ4n) is 1.94. The number of benzene rings is 2. The molecule has 5 heteroatoms. The van der Waals surface area contributed by atoms with Crippen LogP contribution in [0.25, 0.3) is 0 Å². The fourth-order valence-corrected chi connectivity index (χ4v) is 2.24. The van der Waals surface area contributed by atoms with Crippen molar-refractivity contribution >= 4 is 29.1 Å². The van der Waals surface area contributed by atoms with E-state index in [9.17, 15) is 4.79 Å². The zero-order valence-corrected chi connectivity index (χ0v) is 11.2. The Balaban J connectivity index is 1.96. The zero-order valence-electron chi connectivity index (χ0n) is 9.69. The lowest BCUT2D eigenvalue weighted by atomic mass is 10.1. The Morgan fingerprint density at radius 1 is 1.05 bits per heavy atom. The Labute approximate surface area is 120 Å². The van der Waals surface area contributed by atoms with Crippen LogP contribution in [-0.2, 0) is 0 Å². The highest BCUT2D eigenvalue weighted by molar-refractivity contribution is 6.42. The maximum atomic E-state index is 12.0. The smallest absolute Gasteiger partial charge is 0.258 e. The SMILES string of the molecule is O=C1N[C@@H](c2ccc(Cl)c(Cl)c2)Oc2ccccc21. The molecule has 1 amide bonds. The summed E-state index contributed by atoms with van der Waals surface area (Å²) in [5.74, 6) is 0.389. The lowest BCUT2D eigenvalue weighted by molar-refractivity contribution is 0.0756. The molecule has 96 valence electrons. The van der Waals surface area contributed by atoms with Crippen molar-refractivity contribution < 1.29 is 9.53 Å². The summed E-state index contributed by atoms with van der Waals surface area (Å²) in [6.07, 6.45) is -0.558. The van der Waals surface area contributed by atoms with Crippen LogP contribution in [0.1, 0.15) is 22.1 Å². The third-order valence-corrected chi connectivity index (χ3v) is 3.62. The van der Waals surface area contributed by atoms with E-state index < -0.39 is 6.23 Å². The molecule has 1 aliphatic rings. The highest BCUT2D eigenvalue weighted by atomic mass is 35.5. The van der Waals surface area contributed by atoms with E-state index in [0.717, 1.165) is 5.56 Å². The van der Waals surface area contributed by atoms with E-state index in [-0.39, 0.29) is 5.91 Å². The summed E-state index contributed by atoms with van der Waals surface area (Å²) in [6, 6.07) is 12.2. The summed E-state index contributed by atoms with van der Waals surface area (Å²) in [4.78, 5) is 12.0. The molecule has 1 N–H and O–H groups in total. The summed E-state index contributed by atoms with van der Waals surface area (Å²) < 4.78 is 5.75. The highest BCUT2D eigenvalue weighted by Crippen LogP contribution is 2.31. The third-order valence-electron chi connectivity index (χ3n) is 2.89. The van der Waals surface area contributed by atoms with Gasteiger partial charge in [-0.2, -0.15) is 0 Å². The molecule has 0 fully saturated rings. The minimum atomic E-state index is -0.558. The zero-order chi connectivity index (χ0) is 13.4. The standard InChI is InChI=1S/C14H9Cl2NO2/c15-10-6-5-8(7-11(10)16)14-17-13(18)9-3-1-2-4-12(9)19-14/h1-7,14H,(H,17,18)/t14-/m1/s1. The van der Waals surface area contributed by atoms with Crippen LogP contribution in [0.5, 0.6) is 5.75 Å². The number of hydrogen-bond donors (Lipinski definition) is 1. The van der Waals surface area contributed by atoms with Crippen LogP contribution in [0.3, 0.4) is 0 Å². The molecule has 0 unspecified atom stereocenters. The quantitative estimate of drug-likeness (QED) is 0.868. The van der Waals surface area contributed by atoms with Gasteiger partial charge in [0.05, 0.1) is 15.6 Å². The first-order valence-electron chi connectivity index (χ1n) is 5.66. The molecule has 0 radical (unpaired) electrons. The molecular formula is C14H9Cl2NO2. The molecule has 2 aromatic carbocycles. The number of fused-ring (bicyclic) bond motifs is 1. The van der Waals surface area contributed by atoms with Crippen LogP contribution in [0.2, 0.25) is 10.0 Å². The molecule has 0 saturated carbocycles. The molecule has 0 bridgehead atoms. The summed E-state index contributed by atoms with van der Waals surface area (Å²) in [7, 11) is 0. The Morgan fingerprint density at radius 3 is 2.63 bits per heavy atom. The van der Waals surface area contributed by atoms with Gasteiger partial charge in [-0.25, -0.2) is 0 Å². The van der Waals surface area contributed by atoms with E-state index in [0.29, 0.717) is 21.4 Å². The second-order valence-electron chi connectivity index (χ2n) is 4.14. The number of nitrogens with one attached hydrogen (secondary N) is 1. The van der Waals surface area contributed by atoms with Crippen LogP contribution in [0, 0.1) is 0 Å². The molecule has 0 aliphatic carbocycles. The van der Waals surface area contributed by atoms with E-state index in [1.54, 1.807) is 36.4 Å². The van der Waals surface area contributed by atoms with Gasteiger partial charge >= 0.3 is 0 Å². The average Bonchev–Trinajstić information content (AvgIpc) is 2.42. The Hall–Kier alpha value is -1.71. The topological polar surface area (TPSA) is 38.3 Å². The predicted octanol–water partition coefficient (Wildman–Crippen LogP) is 3.81. The Bertz CT molecular complexity index is 658. The molecule has 0 spiro atoms. The predicted molar refractivity (Wildman–Crippen MR) is 73.7 cm³/mol. The first-order chi connectivity index (χ1) is 9.15. The van der Waals surface area contributed by atoms with Crippen LogP contribution >= 0.6 is 23.2 Å². The number of carbonyl (C=O) groups excluding carboxylic acids is 1. The van der Waals surface area contributed by atoms with E-state index in [1.807, 2.05) is 6.07 Å². The molecule has 2 aromatic rings. The maximum Gasteiger partial charge on any atom is 0.258 e. The number of amides is 1. The fraction of sp³-hybridized carbons (Fsp3) is 0.0714. The van der Waals surface area contributed by atoms with Crippen molar-refractivity contribution in [1.29, 1.82) is 0 Å². The van der Waals surface area contributed by atoms with Crippen molar-refractivity contribution in [2.24, 2.45) is 0 Å². The maximum absolute atomic E-state index is 12.0. The Kier molecular flexibility index (Phi) is 3.09. The molecule has 0 aromatic heterocycles. The van der Waals surface area contributed by atoms with Crippen molar-refractivity contribution in [2.45, 2.75) is 6.23 Å². The first-order valence-corrected chi connectivity index (χ1v) is 6.42. The van der Waals surface area contributed by atoms with Gasteiger partial charge in [-0.05, 0) is 24.3 Å².